The zero-order chi connectivity index (χ0) is 13.7. The molecule has 1 aliphatic rings. The summed E-state index contributed by atoms with van der Waals surface area (Å²) in [5.41, 5.74) is 0.766. The smallest absolute Gasteiger partial charge is 0.407 e. The lowest BCUT2D eigenvalue weighted by molar-refractivity contribution is 0.0797. The van der Waals surface area contributed by atoms with Crippen molar-refractivity contribution in [3.63, 3.8) is 0 Å². The molecule has 19 heavy (non-hydrogen) atoms. The van der Waals surface area contributed by atoms with Gasteiger partial charge in [0.2, 0.25) is 0 Å². The first kappa shape index (κ1) is 14.1. The van der Waals surface area contributed by atoms with Crippen molar-refractivity contribution in [2.75, 3.05) is 6.54 Å². The molecule has 0 bridgehead atoms. The molecule has 5 nitrogen and oxygen atoms in total. The number of hydrogen-bond acceptors (Lipinski definition) is 4. The zero-order valence-corrected chi connectivity index (χ0v) is 12.3. The summed E-state index contributed by atoms with van der Waals surface area (Å²) in [6.07, 6.45) is -0.0149. The topological polar surface area (TPSA) is 59.9 Å². The summed E-state index contributed by atoms with van der Waals surface area (Å²) in [5, 5.41) is 6.91. The van der Waals surface area contributed by atoms with Crippen LogP contribution in [0.4, 0.5) is 4.79 Å². The molecular weight excluding hydrogens is 336 g/mol. The minimum absolute atomic E-state index is 0.136. The Morgan fingerprint density at radius 2 is 2.37 bits per heavy atom. The van der Waals surface area contributed by atoms with Crippen LogP contribution in [0.1, 0.15) is 12.0 Å². The van der Waals surface area contributed by atoms with Gasteiger partial charge in [0.15, 0.2) is 6.10 Å². The van der Waals surface area contributed by atoms with Crippen molar-refractivity contribution in [3.8, 4) is 0 Å². The van der Waals surface area contributed by atoms with E-state index in [0.29, 0.717) is 18.0 Å². The second kappa shape index (κ2) is 6.77. The maximum Gasteiger partial charge on any atom is 0.407 e. The number of alkyl carbamates (subject to hydrolysis) is 1. The van der Waals surface area contributed by atoms with Gasteiger partial charge in [0.25, 0.3) is 0 Å². The Morgan fingerprint density at radius 3 is 3.05 bits per heavy atom. The average molecular weight is 348 g/mol. The molecule has 0 aliphatic carbocycles. The first-order valence-corrected chi connectivity index (χ1v) is 6.84. The fourth-order valence-corrected chi connectivity index (χ4v) is 2.15. The minimum atomic E-state index is -0.508. The molecule has 0 spiro atoms. The second-order valence-electron chi connectivity index (χ2n) is 3.95. The van der Waals surface area contributed by atoms with Gasteiger partial charge in [0.05, 0.1) is 6.54 Å². The highest BCUT2D eigenvalue weighted by Crippen LogP contribution is 2.16. The van der Waals surface area contributed by atoms with Crippen molar-refractivity contribution < 1.29 is 14.4 Å². The molecule has 0 aromatic heterocycles. The lowest BCUT2D eigenvalue weighted by atomic mass is 10.2. The van der Waals surface area contributed by atoms with Gasteiger partial charge in [-0.2, -0.15) is 0 Å². The van der Waals surface area contributed by atoms with Gasteiger partial charge in [-0.15, -0.1) is 0 Å². The van der Waals surface area contributed by atoms with E-state index in [4.69, 9.17) is 21.2 Å². The molecule has 1 aliphatic heterocycles. The van der Waals surface area contributed by atoms with Crippen LogP contribution < -0.4 is 5.32 Å². The van der Waals surface area contributed by atoms with Gasteiger partial charge in [-0.25, -0.2) is 4.79 Å². The normalized spacial score (nSPS) is 17.6. The molecule has 0 saturated carbocycles. The highest BCUT2D eigenvalue weighted by molar-refractivity contribution is 9.18. The van der Waals surface area contributed by atoms with E-state index in [-0.39, 0.29) is 12.7 Å². The Morgan fingerprint density at radius 1 is 1.58 bits per heavy atom. The van der Waals surface area contributed by atoms with Gasteiger partial charge >= 0.3 is 6.09 Å². The third-order valence-corrected chi connectivity index (χ3v) is 3.32. The molecule has 1 heterocycles. The number of oxime groups is 1. The number of benzene rings is 1. The standard InChI is InChI=1S/C12H12BrClN2O3/c13-11-5-9(19-16-11)6-15-12(17)18-7-8-3-1-2-4-10(8)14/h1-4,9H,5-7H2,(H,15,17). The molecule has 0 fully saturated rings. The fraction of sp³-hybridized carbons (Fsp3) is 0.333. The number of carbonyl (C=O) groups excluding carboxylic acids is 1. The van der Waals surface area contributed by atoms with Crippen LogP contribution in [0.2, 0.25) is 5.02 Å². The predicted molar refractivity (Wildman–Crippen MR) is 75.5 cm³/mol. The number of halogens is 2. The summed E-state index contributed by atoms with van der Waals surface area (Å²) < 4.78 is 5.80. The first-order chi connectivity index (χ1) is 9.15. The van der Waals surface area contributed by atoms with Crippen LogP contribution in [0, 0.1) is 0 Å². The highest BCUT2D eigenvalue weighted by atomic mass is 79.9. The fourth-order valence-electron chi connectivity index (χ4n) is 1.51. The van der Waals surface area contributed by atoms with Crippen molar-refractivity contribution in [1.29, 1.82) is 0 Å². The first-order valence-electron chi connectivity index (χ1n) is 5.67. The number of rotatable bonds is 4. The number of ether oxygens (including phenoxy) is 1. The van der Waals surface area contributed by atoms with Crippen molar-refractivity contribution >= 4 is 38.2 Å². The van der Waals surface area contributed by atoms with Crippen LogP contribution >= 0.6 is 27.5 Å². The Kier molecular flexibility index (Phi) is 5.04. The third kappa shape index (κ3) is 4.40. The van der Waals surface area contributed by atoms with Crippen molar-refractivity contribution in [1.82, 2.24) is 5.32 Å². The van der Waals surface area contributed by atoms with Gasteiger partial charge < -0.3 is 14.9 Å². The van der Waals surface area contributed by atoms with E-state index in [9.17, 15) is 4.79 Å². The molecule has 0 saturated heterocycles. The molecule has 7 heteroatoms. The van der Waals surface area contributed by atoms with E-state index < -0.39 is 6.09 Å². The van der Waals surface area contributed by atoms with E-state index in [2.05, 4.69) is 26.4 Å². The van der Waals surface area contributed by atoms with E-state index in [1.807, 2.05) is 12.1 Å². The molecule has 1 aromatic rings. The van der Waals surface area contributed by atoms with Crippen molar-refractivity contribution in [2.45, 2.75) is 19.1 Å². The Hall–Kier alpha value is -1.27. The SMILES string of the molecule is O=C(NCC1CC(Br)=NO1)OCc1ccccc1Cl. The lowest BCUT2D eigenvalue weighted by Gasteiger charge is -2.10. The van der Waals surface area contributed by atoms with Gasteiger partial charge in [-0.3, -0.25) is 0 Å². The summed E-state index contributed by atoms with van der Waals surface area (Å²) in [6, 6.07) is 7.21. The monoisotopic (exact) mass is 346 g/mol. The molecule has 0 radical (unpaired) electrons. The summed E-state index contributed by atoms with van der Waals surface area (Å²) in [4.78, 5) is 16.5. The maximum absolute atomic E-state index is 11.5. The van der Waals surface area contributed by atoms with E-state index in [0.717, 1.165) is 10.2 Å². The lowest BCUT2D eigenvalue weighted by Crippen LogP contribution is -2.32. The largest absolute Gasteiger partial charge is 0.445 e. The molecule has 1 amide bonds. The van der Waals surface area contributed by atoms with Crippen LogP contribution in [-0.4, -0.2) is 23.4 Å². The van der Waals surface area contributed by atoms with Crippen LogP contribution in [0.15, 0.2) is 29.4 Å². The molecule has 1 atom stereocenters. The predicted octanol–water partition coefficient (Wildman–Crippen LogP) is 3.06. The third-order valence-electron chi connectivity index (χ3n) is 2.49. The van der Waals surface area contributed by atoms with Gasteiger partial charge in [0.1, 0.15) is 11.2 Å². The number of nitrogens with one attached hydrogen (secondary N) is 1. The van der Waals surface area contributed by atoms with Gasteiger partial charge in [0, 0.05) is 17.0 Å². The quantitative estimate of drug-likeness (QED) is 0.910. The van der Waals surface area contributed by atoms with E-state index in [1.165, 1.54) is 0 Å². The molecule has 1 unspecified atom stereocenters. The minimum Gasteiger partial charge on any atom is -0.445 e. The van der Waals surface area contributed by atoms with Crippen LogP contribution in [0.25, 0.3) is 0 Å². The van der Waals surface area contributed by atoms with E-state index in [1.54, 1.807) is 12.1 Å². The average Bonchev–Trinajstić information content (AvgIpc) is 2.81. The summed E-state index contributed by atoms with van der Waals surface area (Å²) in [7, 11) is 0. The van der Waals surface area contributed by atoms with Crippen LogP contribution in [0.5, 0.6) is 0 Å². The second-order valence-corrected chi connectivity index (χ2v) is 5.27. The molecule has 1 N–H and O–H groups in total. The maximum atomic E-state index is 11.5. The van der Waals surface area contributed by atoms with Crippen LogP contribution in [-0.2, 0) is 16.2 Å². The Labute approximate surface area is 124 Å². The van der Waals surface area contributed by atoms with Gasteiger partial charge in [-0.1, -0.05) is 35.0 Å². The summed E-state index contributed by atoms with van der Waals surface area (Å²) >= 11 is 9.17. The molecule has 1 aromatic carbocycles. The number of nitrogens with zero attached hydrogens (tertiary/aromatic N) is 1. The number of amides is 1. The molecule has 2 rings (SSSR count). The number of hydrogen-bond donors (Lipinski definition) is 1. The summed E-state index contributed by atoms with van der Waals surface area (Å²) in [5.74, 6) is 0. The Balaban J connectivity index is 1.69. The van der Waals surface area contributed by atoms with Crippen LogP contribution in [0.3, 0.4) is 0 Å². The van der Waals surface area contributed by atoms with Gasteiger partial charge in [-0.05, 0) is 22.0 Å². The van der Waals surface area contributed by atoms with Crippen molar-refractivity contribution in [2.24, 2.45) is 5.16 Å². The Bertz CT molecular complexity index is 496. The number of carbonyl (C=O) groups is 1. The zero-order valence-electron chi connectivity index (χ0n) is 9.94. The summed E-state index contributed by atoms with van der Waals surface area (Å²) in [6.45, 7) is 0.483. The highest BCUT2D eigenvalue weighted by Gasteiger charge is 2.20. The van der Waals surface area contributed by atoms with Crippen molar-refractivity contribution in [3.05, 3.63) is 34.9 Å². The molecular formula is C12H12BrClN2O3. The van der Waals surface area contributed by atoms with E-state index >= 15 is 0 Å². The molecule has 102 valence electrons.